The predicted molar refractivity (Wildman–Crippen MR) is 114 cm³/mol. The van der Waals surface area contributed by atoms with E-state index in [9.17, 15) is 9.59 Å². The van der Waals surface area contributed by atoms with Gasteiger partial charge in [0, 0.05) is 51.4 Å². The summed E-state index contributed by atoms with van der Waals surface area (Å²) < 4.78 is 4.86. The third kappa shape index (κ3) is 9.34. The normalized spacial score (nSPS) is 10.9. The number of anilines is 1. The predicted octanol–water partition coefficient (Wildman–Crippen LogP) is 2.25. The largest absolute Gasteiger partial charge is 0.467 e. The maximum atomic E-state index is 13.0. The second kappa shape index (κ2) is 14.4. The molecule has 3 N–H and O–H groups in total. The molecule has 0 aliphatic rings. The molecule has 0 saturated heterocycles. The fourth-order valence-electron chi connectivity index (χ4n) is 2.85. The summed E-state index contributed by atoms with van der Waals surface area (Å²) in [6, 6.07) is 14.7. The first-order chi connectivity index (χ1) is 13.2. The van der Waals surface area contributed by atoms with Gasteiger partial charge in [0.1, 0.15) is 6.04 Å². The first-order valence-electron chi connectivity index (χ1n) is 8.55. The number of nitrogens with zero attached hydrogens (tertiary/aromatic N) is 1. The Hall–Kier alpha value is -0.674. The molecule has 7 nitrogen and oxygen atoms in total. The number of hydrogen-bond acceptors (Lipinski definition) is 6. The zero-order valence-corrected chi connectivity index (χ0v) is 21.4. The summed E-state index contributed by atoms with van der Waals surface area (Å²) in [6.07, 6.45) is 0.232. The van der Waals surface area contributed by atoms with Gasteiger partial charge in [-0.2, -0.15) is 0 Å². The van der Waals surface area contributed by atoms with Gasteiger partial charge < -0.3 is 19.4 Å². The Kier molecular flexibility index (Phi) is 14.0. The molecule has 0 aromatic heterocycles. The van der Waals surface area contributed by atoms with Crippen LogP contribution >= 0.6 is 8.60 Å². The van der Waals surface area contributed by atoms with Crippen molar-refractivity contribution in [2.45, 2.75) is 33.2 Å². The second-order valence-corrected chi connectivity index (χ2v) is 6.67. The zero-order chi connectivity index (χ0) is 21.3. The van der Waals surface area contributed by atoms with E-state index >= 15 is 0 Å². The van der Waals surface area contributed by atoms with Gasteiger partial charge in [-0.3, -0.25) is 9.69 Å². The molecule has 0 aliphatic carbocycles. The van der Waals surface area contributed by atoms with Gasteiger partial charge in [-0.15, -0.1) is 0 Å². The molecule has 9 heteroatoms. The number of benzene rings is 2. The molecule has 0 fully saturated rings. The molecule has 0 unspecified atom stereocenters. The molecule has 0 heterocycles. The van der Waals surface area contributed by atoms with Crippen LogP contribution in [-0.2, 0) is 20.7 Å². The van der Waals surface area contributed by atoms with Gasteiger partial charge in [-0.25, -0.2) is 4.79 Å². The van der Waals surface area contributed by atoms with E-state index in [1.54, 1.807) is 11.8 Å². The van der Waals surface area contributed by atoms with Crippen LogP contribution in [0.15, 0.2) is 48.5 Å². The smallest absolute Gasteiger partial charge is 0.328 e. The average molecular weight is 447 g/mol. The van der Waals surface area contributed by atoms with E-state index in [1.165, 1.54) is 7.11 Å². The summed E-state index contributed by atoms with van der Waals surface area (Å²) in [7, 11) is -1.28. The van der Waals surface area contributed by atoms with Crippen molar-refractivity contribution < 1.29 is 29.0 Å². The monoisotopic (exact) mass is 446 g/mol. The van der Waals surface area contributed by atoms with Crippen molar-refractivity contribution in [1.29, 1.82) is 0 Å². The van der Waals surface area contributed by atoms with E-state index in [0.29, 0.717) is 0 Å². The van der Waals surface area contributed by atoms with Crippen molar-refractivity contribution in [3.63, 3.8) is 0 Å². The molecule has 29 heavy (non-hydrogen) atoms. The van der Waals surface area contributed by atoms with Crippen LogP contribution in [0.25, 0.3) is 0 Å². The number of para-hydroxylation sites is 1. The molecular formula is C20H26KNO6P. The molecule has 1 radical (unpaired) electrons. The Morgan fingerprint density at radius 3 is 1.93 bits per heavy atom. The van der Waals surface area contributed by atoms with Crippen LogP contribution in [0.5, 0.6) is 0 Å². The number of amides is 1. The minimum absolute atomic E-state index is 0. The summed E-state index contributed by atoms with van der Waals surface area (Å²) >= 11 is 0. The number of aryl methyl sites for hydroxylation is 2. The molecule has 2 rings (SSSR count). The minimum Gasteiger partial charge on any atom is -0.467 e. The van der Waals surface area contributed by atoms with Crippen LogP contribution in [0.4, 0.5) is 5.69 Å². The summed E-state index contributed by atoms with van der Waals surface area (Å²) in [5, 5.41) is 0. The summed E-state index contributed by atoms with van der Waals surface area (Å²) in [4.78, 5) is 48.3. The Bertz CT molecular complexity index is 765. The van der Waals surface area contributed by atoms with Gasteiger partial charge in [0.05, 0.1) is 19.2 Å². The molecule has 153 valence electrons. The Morgan fingerprint density at radius 1 is 1.00 bits per heavy atom. The first-order valence-corrected chi connectivity index (χ1v) is 9.75. The summed E-state index contributed by atoms with van der Waals surface area (Å²) in [5.41, 5.74) is 3.59. The van der Waals surface area contributed by atoms with Gasteiger partial charge in [-0.05, 0) is 37.5 Å². The third-order valence-corrected chi connectivity index (χ3v) is 4.08. The topological polar surface area (TPSA) is 107 Å². The number of rotatable bonds is 5. The van der Waals surface area contributed by atoms with E-state index in [0.717, 1.165) is 22.4 Å². The quantitative estimate of drug-likeness (QED) is 0.370. The van der Waals surface area contributed by atoms with E-state index in [1.807, 2.05) is 62.4 Å². The van der Waals surface area contributed by atoms with Crippen molar-refractivity contribution in [2.24, 2.45) is 0 Å². The summed E-state index contributed by atoms with van der Waals surface area (Å²) in [6.45, 7) is 5.57. The van der Waals surface area contributed by atoms with E-state index in [-0.39, 0.29) is 63.7 Å². The molecule has 0 saturated carbocycles. The maximum absolute atomic E-state index is 13.0. The van der Waals surface area contributed by atoms with Crippen molar-refractivity contribution in [3.05, 3.63) is 65.2 Å². The van der Waals surface area contributed by atoms with Crippen molar-refractivity contribution in [3.8, 4) is 0 Å². The molecular weight excluding hydrogens is 420 g/mol. The number of esters is 1. The van der Waals surface area contributed by atoms with Crippen LogP contribution in [0.1, 0.15) is 23.6 Å². The number of hydrogen-bond donors (Lipinski definition) is 3. The molecule has 1 amide bonds. The summed E-state index contributed by atoms with van der Waals surface area (Å²) in [5.74, 6) is -0.560. The first kappa shape index (κ1) is 28.3. The van der Waals surface area contributed by atoms with Gasteiger partial charge in [0.25, 0.3) is 0 Å². The zero-order valence-electron chi connectivity index (χ0n) is 17.4. The molecule has 0 bridgehead atoms. The van der Waals surface area contributed by atoms with Crippen molar-refractivity contribution in [1.82, 2.24) is 0 Å². The van der Waals surface area contributed by atoms with Crippen molar-refractivity contribution >= 4 is 77.6 Å². The van der Waals surface area contributed by atoms with E-state index < -0.39 is 20.6 Å². The Balaban J connectivity index is 0.00000143. The Morgan fingerprint density at radius 2 is 1.48 bits per heavy atom. The van der Waals surface area contributed by atoms with Crippen LogP contribution in [-0.4, -0.2) is 91.1 Å². The molecule has 0 spiro atoms. The van der Waals surface area contributed by atoms with Crippen LogP contribution in [0, 0.1) is 13.8 Å². The van der Waals surface area contributed by atoms with E-state index in [4.69, 9.17) is 19.4 Å². The maximum Gasteiger partial charge on any atom is 0.328 e. The SMILES string of the molecule is COC(=O)[C@H](C)N(C(=O)Cc1ccccc1)c1c(C)cccc1C.OP(O)O.[K]. The molecule has 0 aliphatic heterocycles. The molecule has 2 aromatic rings. The van der Waals surface area contributed by atoms with Crippen LogP contribution < -0.4 is 4.90 Å². The number of methoxy groups -OCH3 is 1. The fraction of sp³-hybridized carbons (Fsp3) is 0.300. The van der Waals surface area contributed by atoms with Crippen LogP contribution in [0.2, 0.25) is 0 Å². The van der Waals surface area contributed by atoms with Crippen LogP contribution in [0.3, 0.4) is 0 Å². The fourth-order valence-corrected chi connectivity index (χ4v) is 2.85. The van der Waals surface area contributed by atoms with Gasteiger partial charge in [-0.1, -0.05) is 48.5 Å². The molecule has 1 atom stereocenters. The minimum atomic E-state index is -2.62. The molecule has 2 aromatic carbocycles. The standard InChI is InChI=1S/C20H23NO3.K.H3O3P/c1-14-9-8-10-15(2)19(14)21(16(3)20(23)24-4)18(22)13-17-11-6-5-7-12-17;;1-4(2)3/h5-12,16H,13H2,1-4H3;;1-3H/t16-;;/m0../s1. The van der Waals surface area contributed by atoms with Gasteiger partial charge >= 0.3 is 14.6 Å². The van der Waals surface area contributed by atoms with E-state index in [2.05, 4.69) is 0 Å². The van der Waals surface area contributed by atoms with Crippen molar-refractivity contribution in [2.75, 3.05) is 12.0 Å². The second-order valence-electron chi connectivity index (χ2n) is 6.13. The Labute approximate surface area is 215 Å². The van der Waals surface area contributed by atoms with Gasteiger partial charge in [0.15, 0.2) is 0 Å². The third-order valence-electron chi connectivity index (χ3n) is 4.08. The number of ether oxygens (including phenoxy) is 1. The number of carbonyl (C=O) groups is 2. The average Bonchev–Trinajstić information content (AvgIpc) is 2.64. The van der Waals surface area contributed by atoms with Gasteiger partial charge in [0.2, 0.25) is 5.91 Å². The number of carbonyl (C=O) groups excluding carboxylic acids is 2.